The summed E-state index contributed by atoms with van der Waals surface area (Å²) in [5, 5.41) is 0. The van der Waals surface area contributed by atoms with Crippen LogP contribution >= 0.6 is 23.4 Å². The number of rotatable bonds is 4. The number of halogens is 4. The summed E-state index contributed by atoms with van der Waals surface area (Å²) in [5.41, 5.74) is -0.187. The van der Waals surface area contributed by atoms with E-state index in [-0.39, 0.29) is 29.1 Å². The molecule has 3 heterocycles. The van der Waals surface area contributed by atoms with Gasteiger partial charge in [-0.2, -0.15) is 13.2 Å². The molecule has 1 aromatic carbocycles. The first kappa shape index (κ1) is 22.1. The van der Waals surface area contributed by atoms with Gasteiger partial charge in [0.15, 0.2) is 0 Å². The molecule has 2 saturated heterocycles. The summed E-state index contributed by atoms with van der Waals surface area (Å²) in [6.45, 7) is 1.35. The summed E-state index contributed by atoms with van der Waals surface area (Å²) in [5.74, 6) is 1.22. The van der Waals surface area contributed by atoms with Gasteiger partial charge in [-0.1, -0.05) is 12.1 Å². The van der Waals surface area contributed by atoms with E-state index in [9.17, 15) is 22.8 Å². The summed E-state index contributed by atoms with van der Waals surface area (Å²) in [7, 11) is 0. The van der Waals surface area contributed by atoms with Crippen molar-refractivity contribution in [2.24, 2.45) is 0 Å². The van der Waals surface area contributed by atoms with E-state index in [1.54, 1.807) is 33.7 Å². The number of amides is 2. The molecule has 0 bridgehead atoms. The van der Waals surface area contributed by atoms with Gasteiger partial charge in [0.25, 0.3) is 0 Å². The molecule has 4 rings (SSSR count). The van der Waals surface area contributed by atoms with Crippen LogP contribution in [0.4, 0.5) is 13.2 Å². The molecule has 0 atom stereocenters. The molecule has 2 amide bonds. The lowest BCUT2D eigenvalue weighted by molar-refractivity contribution is -0.138. The van der Waals surface area contributed by atoms with E-state index in [1.807, 2.05) is 0 Å². The Bertz CT molecular complexity index is 969. The number of thioether (sulfide) groups is 1. The van der Waals surface area contributed by atoms with E-state index in [4.69, 9.17) is 16.0 Å². The minimum absolute atomic E-state index is 0.00889. The molecule has 1 aromatic heterocycles. The van der Waals surface area contributed by atoms with E-state index < -0.39 is 11.7 Å². The number of nitrogens with zero attached hydrogens (tertiary/aromatic N) is 2. The third-order valence-corrected chi connectivity index (χ3v) is 7.53. The molecule has 2 fully saturated rings. The lowest BCUT2D eigenvalue weighted by atomic mass is 10.0. The Labute approximate surface area is 186 Å². The summed E-state index contributed by atoms with van der Waals surface area (Å²) >= 11 is 7.24. The van der Waals surface area contributed by atoms with E-state index in [1.165, 1.54) is 12.1 Å². The number of furan rings is 1. The van der Waals surface area contributed by atoms with Gasteiger partial charge in [0.05, 0.1) is 22.7 Å². The second kappa shape index (κ2) is 8.43. The van der Waals surface area contributed by atoms with Crippen LogP contribution in [0.2, 0.25) is 0 Å². The maximum atomic E-state index is 12.8. The highest BCUT2D eigenvalue weighted by atomic mass is 35.5. The van der Waals surface area contributed by atoms with Crippen LogP contribution in [0, 0.1) is 0 Å². The van der Waals surface area contributed by atoms with Gasteiger partial charge in [-0.05, 0) is 37.1 Å². The van der Waals surface area contributed by atoms with Gasteiger partial charge in [-0.15, -0.1) is 23.4 Å². The minimum Gasteiger partial charge on any atom is -0.459 e. The second-order valence-corrected chi connectivity index (χ2v) is 9.17. The number of alkyl halides is 4. The molecule has 2 aliphatic heterocycles. The number of benzene rings is 1. The van der Waals surface area contributed by atoms with Gasteiger partial charge in [-0.25, -0.2) is 0 Å². The highest BCUT2D eigenvalue weighted by Crippen LogP contribution is 2.45. The quantitative estimate of drug-likeness (QED) is 0.610. The SMILES string of the molecule is O=C(CCl)N1CCC2(CC1)SCC(=O)N2Cc1ccc(-c2ccc(C(F)(F)F)cc2)o1. The Balaban J connectivity index is 1.47. The third kappa shape index (κ3) is 4.43. The van der Waals surface area contributed by atoms with Crippen LogP contribution in [-0.4, -0.2) is 51.2 Å². The maximum Gasteiger partial charge on any atom is 0.416 e. The van der Waals surface area contributed by atoms with E-state index in [0.29, 0.717) is 48.8 Å². The molecule has 1 spiro atoms. The number of hydrogen-bond acceptors (Lipinski definition) is 4. The normalized spacial score (nSPS) is 18.8. The van der Waals surface area contributed by atoms with Crippen molar-refractivity contribution in [1.29, 1.82) is 0 Å². The fourth-order valence-corrected chi connectivity index (χ4v) is 5.52. The molecule has 0 N–H and O–H groups in total. The molecule has 2 aromatic rings. The molecular formula is C21H20ClF3N2O3S. The first-order valence-corrected chi connectivity index (χ1v) is 11.3. The van der Waals surface area contributed by atoms with Crippen LogP contribution in [0.3, 0.4) is 0 Å². The van der Waals surface area contributed by atoms with Crippen LogP contribution in [0.25, 0.3) is 11.3 Å². The van der Waals surface area contributed by atoms with Crippen LogP contribution in [0.1, 0.15) is 24.2 Å². The Morgan fingerprint density at radius 3 is 2.42 bits per heavy atom. The number of carbonyl (C=O) groups excluding carboxylic acids is 2. The Morgan fingerprint density at radius 2 is 1.81 bits per heavy atom. The summed E-state index contributed by atoms with van der Waals surface area (Å²) in [6, 6.07) is 8.20. The topological polar surface area (TPSA) is 53.8 Å². The zero-order valence-corrected chi connectivity index (χ0v) is 18.0. The van der Waals surface area contributed by atoms with Gasteiger partial charge < -0.3 is 14.2 Å². The van der Waals surface area contributed by atoms with Gasteiger partial charge >= 0.3 is 6.18 Å². The zero-order chi connectivity index (χ0) is 22.2. The van der Waals surface area contributed by atoms with Crippen molar-refractivity contribution in [3.05, 3.63) is 47.7 Å². The third-order valence-electron chi connectivity index (χ3n) is 5.74. The molecule has 166 valence electrons. The van der Waals surface area contributed by atoms with Crippen molar-refractivity contribution in [3.63, 3.8) is 0 Å². The van der Waals surface area contributed by atoms with Crippen molar-refractivity contribution in [3.8, 4) is 11.3 Å². The predicted octanol–water partition coefficient (Wildman–Crippen LogP) is 4.60. The average molecular weight is 473 g/mol. The van der Waals surface area contributed by atoms with Gasteiger partial charge in [0.2, 0.25) is 11.8 Å². The van der Waals surface area contributed by atoms with Crippen molar-refractivity contribution in [1.82, 2.24) is 9.80 Å². The van der Waals surface area contributed by atoms with Crippen LogP contribution in [0.15, 0.2) is 40.8 Å². The van der Waals surface area contributed by atoms with Gasteiger partial charge in [0.1, 0.15) is 17.4 Å². The summed E-state index contributed by atoms with van der Waals surface area (Å²) in [4.78, 5) is 27.6. The molecule has 0 radical (unpaired) electrons. The number of carbonyl (C=O) groups is 2. The molecule has 2 aliphatic rings. The van der Waals surface area contributed by atoms with Crippen LogP contribution < -0.4 is 0 Å². The molecule has 0 saturated carbocycles. The average Bonchev–Trinajstić information content (AvgIpc) is 3.34. The van der Waals surface area contributed by atoms with Gasteiger partial charge in [0, 0.05) is 18.7 Å². The fourth-order valence-electron chi connectivity index (χ4n) is 4.01. The fraction of sp³-hybridized carbons (Fsp3) is 0.429. The first-order chi connectivity index (χ1) is 14.7. The minimum atomic E-state index is -4.39. The van der Waals surface area contributed by atoms with E-state index in [2.05, 4.69) is 0 Å². The monoisotopic (exact) mass is 472 g/mol. The zero-order valence-electron chi connectivity index (χ0n) is 16.5. The summed E-state index contributed by atoms with van der Waals surface area (Å²) in [6.07, 6.45) is -3.09. The molecule has 5 nitrogen and oxygen atoms in total. The smallest absolute Gasteiger partial charge is 0.416 e. The van der Waals surface area contributed by atoms with Gasteiger partial charge in [-0.3, -0.25) is 9.59 Å². The molecule has 10 heteroatoms. The Hall–Kier alpha value is -2.13. The molecule has 0 aliphatic carbocycles. The number of piperidine rings is 1. The standard InChI is InChI=1S/C21H20ClF3N2O3S/c22-11-18(28)26-9-7-20(8-10-26)27(19(29)13-31-20)12-16-5-6-17(30-16)14-1-3-15(4-2-14)21(23,24)25/h1-6H,7-13H2. The highest BCUT2D eigenvalue weighted by Gasteiger charge is 2.48. The van der Waals surface area contributed by atoms with Crippen LogP contribution in [0.5, 0.6) is 0 Å². The van der Waals surface area contributed by atoms with Crippen molar-refractivity contribution < 1.29 is 27.2 Å². The maximum absolute atomic E-state index is 12.8. The predicted molar refractivity (Wildman–Crippen MR) is 111 cm³/mol. The highest BCUT2D eigenvalue weighted by molar-refractivity contribution is 8.01. The lowest BCUT2D eigenvalue weighted by Crippen LogP contribution is -2.52. The van der Waals surface area contributed by atoms with E-state index >= 15 is 0 Å². The first-order valence-electron chi connectivity index (χ1n) is 9.76. The Morgan fingerprint density at radius 1 is 1.13 bits per heavy atom. The van der Waals surface area contributed by atoms with Crippen molar-refractivity contribution in [2.75, 3.05) is 24.7 Å². The second-order valence-electron chi connectivity index (χ2n) is 7.57. The van der Waals surface area contributed by atoms with Crippen molar-refractivity contribution in [2.45, 2.75) is 30.4 Å². The molecule has 0 unspecified atom stereocenters. The van der Waals surface area contributed by atoms with E-state index in [0.717, 1.165) is 12.1 Å². The molecular weight excluding hydrogens is 453 g/mol. The van der Waals surface area contributed by atoms with Crippen LogP contribution in [-0.2, 0) is 22.3 Å². The largest absolute Gasteiger partial charge is 0.459 e. The number of likely N-dealkylation sites (tertiary alicyclic amines) is 1. The number of hydrogen-bond donors (Lipinski definition) is 0. The summed E-state index contributed by atoms with van der Waals surface area (Å²) < 4.78 is 44.1. The van der Waals surface area contributed by atoms with Crippen molar-refractivity contribution >= 4 is 35.2 Å². The Kier molecular flexibility index (Phi) is 6.00. The lowest BCUT2D eigenvalue weighted by Gasteiger charge is -2.43. The molecule has 31 heavy (non-hydrogen) atoms.